The zero-order valence-corrected chi connectivity index (χ0v) is 17.6. The summed E-state index contributed by atoms with van der Waals surface area (Å²) in [5, 5.41) is 9.30. The summed E-state index contributed by atoms with van der Waals surface area (Å²) in [6.07, 6.45) is 2.31. The van der Waals surface area contributed by atoms with Gasteiger partial charge in [0.25, 0.3) is 0 Å². The number of nitrogens with one attached hydrogen (secondary N) is 2. The topological polar surface area (TPSA) is 39.7 Å². The Morgan fingerprint density at radius 1 is 1.15 bits per heavy atom. The summed E-state index contributed by atoms with van der Waals surface area (Å²) in [6, 6.07) is 15.6. The minimum atomic E-state index is 0.102. The molecular formula is C22H32N4S. The van der Waals surface area contributed by atoms with Crippen LogP contribution in [0.25, 0.3) is 0 Å². The lowest BCUT2D eigenvalue weighted by atomic mass is 9.91. The van der Waals surface area contributed by atoms with Crippen molar-refractivity contribution in [1.82, 2.24) is 15.5 Å². The van der Waals surface area contributed by atoms with Gasteiger partial charge in [-0.05, 0) is 29.9 Å². The van der Waals surface area contributed by atoms with E-state index in [2.05, 4.69) is 82.2 Å². The summed E-state index contributed by atoms with van der Waals surface area (Å²) in [7, 11) is 1.86. The molecule has 0 atom stereocenters. The van der Waals surface area contributed by atoms with Crippen molar-refractivity contribution >= 4 is 17.3 Å². The average molecular weight is 385 g/mol. The summed E-state index contributed by atoms with van der Waals surface area (Å²) < 4.78 is 0. The highest BCUT2D eigenvalue weighted by Crippen LogP contribution is 2.26. The van der Waals surface area contributed by atoms with E-state index in [1.165, 1.54) is 10.4 Å². The number of hydrogen-bond acceptors (Lipinski definition) is 3. The van der Waals surface area contributed by atoms with E-state index in [9.17, 15) is 0 Å². The van der Waals surface area contributed by atoms with E-state index in [-0.39, 0.29) is 5.41 Å². The first kappa shape index (κ1) is 19.9. The van der Waals surface area contributed by atoms with Crippen LogP contribution in [0.1, 0.15) is 37.1 Å². The number of nitrogens with zero attached hydrogens (tertiary/aromatic N) is 2. The Bertz CT molecular complexity index is 701. The third kappa shape index (κ3) is 5.81. The fourth-order valence-electron chi connectivity index (χ4n) is 3.52. The molecule has 3 rings (SSSR count). The van der Waals surface area contributed by atoms with E-state index in [0.717, 1.165) is 45.0 Å². The number of hydrogen-bond donors (Lipinski definition) is 2. The molecule has 2 heterocycles. The summed E-state index contributed by atoms with van der Waals surface area (Å²) >= 11 is 1.82. The summed E-state index contributed by atoms with van der Waals surface area (Å²) in [4.78, 5) is 8.39. The van der Waals surface area contributed by atoms with Crippen LogP contribution in [0.2, 0.25) is 0 Å². The molecule has 4 nitrogen and oxygen atoms in total. The van der Waals surface area contributed by atoms with Gasteiger partial charge in [0.15, 0.2) is 5.96 Å². The Hall–Kier alpha value is -1.85. The molecule has 0 unspecified atom stereocenters. The lowest BCUT2D eigenvalue weighted by molar-refractivity contribution is 0.198. The van der Waals surface area contributed by atoms with Crippen LogP contribution in [0, 0.1) is 0 Å². The first-order chi connectivity index (χ1) is 13.1. The van der Waals surface area contributed by atoms with Crippen molar-refractivity contribution in [2.75, 3.05) is 26.7 Å². The molecule has 2 N–H and O–H groups in total. The van der Waals surface area contributed by atoms with E-state index in [1.807, 2.05) is 18.4 Å². The molecule has 0 radical (unpaired) electrons. The number of guanidine groups is 1. The van der Waals surface area contributed by atoms with E-state index in [1.54, 1.807) is 0 Å². The molecule has 1 aromatic carbocycles. The smallest absolute Gasteiger partial charge is 0.191 e. The summed E-state index contributed by atoms with van der Waals surface area (Å²) in [5.74, 6) is 0.918. The number of rotatable bonds is 6. The average Bonchev–Trinajstić information content (AvgIpc) is 3.23. The molecule has 0 spiro atoms. The van der Waals surface area contributed by atoms with Crippen molar-refractivity contribution in [2.45, 2.75) is 44.7 Å². The molecule has 1 aromatic heterocycles. The van der Waals surface area contributed by atoms with E-state index in [4.69, 9.17) is 0 Å². The Labute approximate surface area is 167 Å². The normalized spacial score (nSPS) is 17.1. The van der Waals surface area contributed by atoms with Crippen LogP contribution < -0.4 is 10.6 Å². The van der Waals surface area contributed by atoms with Gasteiger partial charge in [-0.1, -0.05) is 50.2 Å². The maximum Gasteiger partial charge on any atom is 0.191 e. The maximum absolute atomic E-state index is 4.44. The zero-order valence-electron chi connectivity index (χ0n) is 16.7. The Balaban J connectivity index is 1.43. The Morgan fingerprint density at radius 2 is 1.89 bits per heavy atom. The van der Waals surface area contributed by atoms with Gasteiger partial charge in [0, 0.05) is 49.6 Å². The molecule has 1 fully saturated rings. The second-order valence-electron chi connectivity index (χ2n) is 7.97. The van der Waals surface area contributed by atoms with E-state index in [0.29, 0.717) is 6.04 Å². The molecule has 0 aliphatic carbocycles. The van der Waals surface area contributed by atoms with Crippen molar-refractivity contribution in [2.24, 2.45) is 4.99 Å². The number of thiophene rings is 1. The molecular weight excluding hydrogens is 352 g/mol. The third-order valence-corrected chi connectivity index (χ3v) is 6.52. The second-order valence-corrected chi connectivity index (χ2v) is 8.92. The highest BCUT2D eigenvalue weighted by Gasteiger charge is 2.23. The van der Waals surface area contributed by atoms with Gasteiger partial charge in [-0.3, -0.25) is 9.89 Å². The molecule has 1 aliphatic rings. The van der Waals surface area contributed by atoms with Crippen LogP contribution in [0.4, 0.5) is 0 Å². The van der Waals surface area contributed by atoms with Gasteiger partial charge in [0.1, 0.15) is 0 Å². The van der Waals surface area contributed by atoms with Crippen LogP contribution in [0.15, 0.2) is 52.8 Å². The van der Waals surface area contributed by atoms with Gasteiger partial charge in [-0.15, -0.1) is 11.3 Å². The van der Waals surface area contributed by atoms with Crippen molar-refractivity contribution < 1.29 is 0 Å². The van der Waals surface area contributed by atoms with Crippen LogP contribution in [0.5, 0.6) is 0 Å². The first-order valence-corrected chi connectivity index (χ1v) is 10.7. The van der Waals surface area contributed by atoms with Crippen LogP contribution >= 0.6 is 11.3 Å². The van der Waals surface area contributed by atoms with Gasteiger partial charge >= 0.3 is 0 Å². The van der Waals surface area contributed by atoms with E-state index < -0.39 is 0 Å². The highest BCUT2D eigenvalue weighted by molar-refractivity contribution is 7.10. The molecule has 0 saturated carbocycles. The Morgan fingerprint density at radius 3 is 2.52 bits per heavy atom. The van der Waals surface area contributed by atoms with Crippen LogP contribution in [0.3, 0.4) is 0 Å². The Kier molecular flexibility index (Phi) is 6.91. The standard InChI is InChI=1S/C22H32N4S/c1-22(2,20-10-7-15-27-20)17-24-21(23-3)25-19-11-13-26(14-12-19)16-18-8-5-4-6-9-18/h4-10,15,19H,11-14,16-17H2,1-3H3,(H2,23,24,25). The quantitative estimate of drug-likeness (QED) is 0.587. The van der Waals surface area contributed by atoms with Crippen molar-refractivity contribution in [3.05, 3.63) is 58.3 Å². The van der Waals surface area contributed by atoms with Crippen molar-refractivity contribution in [3.63, 3.8) is 0 Å². The number of piperidine rings is 1. The van der Waals surface area contributed by atoms with Crippen molar-refractivity contribution in [1.29, 1.82) is 0 Å². The van der Waals surface area contributed by atoms with Gasteiger partial charge < -0.3 is 10.6 Å². The number of benzene rings is 1. The summed E-state index contributed by atoms with van der Waals surface area (Å²) in [5.41, 5.74) is 1.50. The predicted octanol–water partition coefficient (Wildman–Crippen LogP) is 3.86. The molecule has 146 valence electrons. The maximum atomic E-state index is 4.44. The second kappa shape index (κ2) is 9.38. The number of likely N-dealkylation sites (tertiary alicyclic amines) is 1. The van der Waals surface area contributed by atoms with Gasteiger partial charge in [0.05, 0.1) is 0 Å². The third-order valence-electron chi connectivity index (χ3n) is 5.29. The molecule has 0 amide bonds. The van der Waals surface area contributed by atoms with Gasteiger partial charge in [-0.2, -0.15) is 0 Å². The zero-order chi connectivity index (χ0) is 19.1. The minimum Gasteiger partial charge on any atom is -0.356 e. The van der Waals surface area contributed by atoms with Gasteiger partial charge in [0.2, 0.25) is 0 Å². The fourth-order valence-corrected chi connectivity index (χ4v) is 4.37. The summed E-state index contributed by atoms with van der Waals surface area (Å²) in [6.45, 7) is 8.74. The molecule has 2 aromatic rings. The molecule has 1 saturated heterocycles. The molecule has 5 heteroatoms. The van der Waals surface area contributed by atoms with Crippen molar-refractivity contribution in [3.8, 4) is 0 Å². The minimum absolute atomic E-state index is 0.102. The van der Waals surface area contributed by atoms with E-state index >= 15 is 0 Å². The SMILES string of the molecule is CN=C(NCC(C)(C)c1cccs1)NC1CCN(Cc2ccccc2)CC1. The van der Waals surface area contributed by atoms with Gasteiger partial charge in [-0.25, -0.2) is 0 Å². The molecule has 0 bridgehead atoms. The van der Waals surface area contributed by atoms with Crippen LogP contribution in [-0.4, -0.2) is 43.6 Å². The lowest BCUT2D eigenvalue weighted by Gasteiger charge is -2.33. The number of aliphatic imine (C=N–C) groups is 1. The fraction of sp³-hybridized carbons (Fsp3) is 0.500. The monoisotopic (exact) mass is 384 g/mol. The molecule has 1 aliphatic heterocycles. The first-order valence-electron chi connectivity index (χ1n) is 9.84. The predicted molar refractivity (Wildman–Crippen MR) is 117 cm³/mol. The van der Waals surface area contributed by atoms with Crippen LogP contribution in [-0.2, 0) is 12.0 Å². The largest absolute Gasteiger partial charge is 0.356 e. The molecule has 27 heavy (non-hydrogen) atoms. The highest BCUT2D eigenvalue weighted by atomic mass is 32.1. The lowest BCUT2D eigenvalue weighted by Crippen LogP contribution is -2.50.